The van der Waals surface area contributed by atoms with E-state index in [1.54, 1.807) is 0 Å². The van der Waals surface area contributed by atoms with Crippen LogP contribution in [0, 0.1) is 5.92 Å². The molecule has 0 amide bonds. The van der Waals surface area contributed by atoms with Crippen molar-refractivity contribution in [3.8, 4) is 0 Å². The third-order valence-electron chi connectivity index (χ3n) is 3.45. The summed E-state index contributed by atoms with van der Waals surface area (Å²) in [7, 11) is 0. The van der Waals surface area contributed by atoms with Gasteiger partial charge < -0.3 is 4.74 Å². The molecule has 2 unspecified atom stereocenters. The second-order valence-electron chi connectivity index (χ2n) is 5.23. The molecule has 2 aliphatic heterocycles. The fourth-order valence-corrected chi connectivity index (χ4v) is 2.72. The highest BCUT2D eigenvalue weighted by atomic mass is 16.5. The van der Waals surface area contributed by atoms with Crippen LogP contribution in [0.4, 0.5) is 0 Å². The summed E-state index contributed by atoms with van der Waals surface area (Å²) in [6, 6.07) is 0.743. The van der Waals surface area contributed by atoms with Gasteiger partial charge in [-0.25, -0.2) is 0 Å². The van der Waals surface area contributed by atoms with Crippen molar-refractivity contribution in [2.45, 2.75) is 51.7 Å². The molecule has 14 heavy (non-hydrogen) atoms. The van der Waals surface area contributed by atoms with Crippen LogP contribution in [-0.4, -0.2) is 36.7 Å². The maximum atomic E-state index is 5.92. The first-order valence-electron chi connectivity index (χ1n) is 6.11. The number of hydrogen-bond donors (Lipinski definition) is 0. The molecule has 2 rings (SSSR count). The Kier molecular flexibility index (Phi) is 3.45. The first-order valence-corrected chi connectivity index (χ1v) is 6.11. The van der Waals surface area contributed by atoms with Gasteiger partial charge in [-0.3, -0.25) is 4.90 Å². The Bertz CT molecular complexity index is 181. The minimum absolute atomic E-state index is 0.504. The van der Waals surface area contributed by atoms with Crippen LogP contribution in [-0.2, 0) is 4.74 Å². The Morgan fingerprint density at radius 3 is 3.00 bits per heavy atom. The molecule has 2 saturated heterocycles. The molecule has 0 radical (unpaired) electrons. The molecule has 0 aromatic carbocycles. The summed E-state index contributed by atoms with van der Waals surface area (Å²) in [5.74, 6) is 0.765. The van der Waals surface area contributed by atoms with Gasteiger partial charge in [-0.2, -0.15) is 0 Å². The topological polar surface area (TPSA) is 12.5 Å². The van der Waals surface area contributed by atoms with Crippen molar-refractivity contribution < 1.29 is 4.74 Å². The maximum absolute atomic E-state index is 5.92. The Morgan fingerprint density at radius 1 is 1.36 bits per heavy atom. The lowest BCUT2D eigenvalue weighted by Crippen LogP contribution is -2.51. The Balaban J connectivity index is 1.83. The Morgan fingerprint density at radius 2 is 2.21 bits per heavy atom. The highest BCUT2D eigenvalue weighted by Gasteiger charge is 2.30. The van der Waals surface area contributed by atoms with Gasteiger partial charge in [0.15, 0.2) is 0 Å². The van der Waals surface area contributed by atoms with Crippen LogP contribution in [0.5, 0.6) is 0 Å². The molecule has 2 aliphatic rings. The van der Waals surface area contributed by atoms with Crippen LogP contribution < -0.4 is 0 Å². The molecule has 0 aromatic heterocycles. The zero-order valence-corrected chi connectivity index (χ0v) is 9.54. The van der Waals surface area contributed by atoms with Gasteiger partial charge in [0.1, 0.15) is 0 Å². The van der Waals surface area contributed by atoms with Gasteiger partial charge in [-0.15, -0.1) is 0 Å². The quantitative estimate of drug-likeness (QED) is 0.673. The second kappa shape index (κ2) is 4.63. The summed E-state index contributed by atoms with van der Waals surface area (Å²) < 4.78 is 5.92. The summed E-state index contributed by atoms with van der Waals surface area (Å²) in [5.41, 5.74) is 0. The average Bonchev–Trinajstić information content (AvgIpc) is 2.17. The molecule has 2 atom stereocenters. The van der Waals surface area contributed by atoms with Crippen molar-refractivity contribution >= 4 is 0 Å². The fourth-order valence-electron chi connectivity index (χ4n) is 2.72. The molecule has 2 fully saturated rings. The van der Waals surface area contributed by atoms with E-state index in [1.165, 1.54) is 38.8 Å². The lowest BCUT2D eigenvalue weighted by molar-refractivity contribution is -0.0811. The third-order valence-corrected chi connectivity index (χ3v) is 3.45. The monoisotopic (exact) mass is 197 g/mol. The lowest BCUT2D eigenvalue weighted by atomic mass is 9.98. The van der Waals surface area contributed by atoms with Crippen molar-refractivity contribution in [2.24, 2.45) is 5.92 Å². The summed E-state index contributed by atoms with van der Waals surface area (Å²) in [6.45, 7) is 8.04. The molecule has 2 nitrogen and oxygen atoms in total. The first-order chi connectivity index (χ1) is 6.75. The zero-order valence-electron chi connectivity index (χ0n) is 9.54. The second-order valence-corrected chi connectivity index (χ2v) is 5.23. The third kappa shape index (κ3) is 2.48. The van der Waals surface area contributed by atoms with E-state index < -0.39 is 0 Å². The van der Waals surface area contributed by atoms with Crippen LogP contribution in [0.1, 0.15) is 39.5 Å². The Labute approximate surface area is 87.6 Å². The standard InChI is InChI=1S/C12H23NO/c1-10(2)7-12-8-13-6-4-3-5-11(13)9-14-12/h10-12H,3-9H2,1-2H3. The van der Waals surface area contributed by atoms with Gasteiger partial charge >= 0.3 is 0 Å². The van der Waals surface area contributed by atoms with Gasteiger partial charge in [0, 0.05) is 12.6 Å². The van der Waals surface area contributed by atoms with Crippen LogP contribution >= 0.6 is 0 Å². The molecule has 0 aliphatic carbocycles. The molecular formula is C12H23NO. The number of fused-ring (bicyclic) bond motifs is 1. The highest BCUT2D eigenvalue weighted by molar-refractivity contribution is 4.83. The molecule has 0 aromatic rings. The number of hydrogen-bond acceptors (Lipinski definition) is 2. The molecule has 0 bridgehead atoms. The van der Waals surface area contributed by atoms with E-state index in [-0.39, 0.29) is 0 Å². The first kappa shape index (κ1) is 10.4. The van der Waals surface area contributed by atoms with Crippen LogP contribution in [0.25, 0.3) is 0 Å². The van der Waals surface area contributed by atoms with Crippen LogP contribution in [0.3, 0.4) is 0 Å². The van der Waals surface area contributed by atoms with Crippen LogP contribution in [0.2, 0.25) is 0 Å². The number of piperidine rings is 1. The van der Waals surface area contributed by atoms with Gasteiger partial charge in [0.2, 0.25) is 0 Å². The van der Waals surface area contributed by atoms with E-state index >= 15 is 0 Å². The van der Waals surface area contributed by atoms with E-state index in [4.69, 9.17) is 4.74 Å². The summed E-state index contributed by atoms with van der Waals surface area (Å²) in [5, 5.41) is 0. The maximum Gasteiger partial charge on any atom is 0.0705 e. The van der Waals surface area contributed by atoms with Crippen molar-refractivity contribution in [3.05, 3.63) is 0 Å². The van der Waals surface area contributed by atoms with Crippen LogP contribution in [0.15, 0.2) is 0 Å². The largest absolute Gasteiger partial charge is 0.375 e. The van der Waals surface area contributed by atoms with E-state index in [2.05, 4.69) is 18.7 Å². The van der Waals surface area contributed by atoms with E-state index in [9.17, 15) is 0 Å². The lowest BCUT2D eigenvalue weighted by Gasteiger charge is -2.42. The molecular weight excluding hydrogens is 174 g/mol. The molecule has 2 heterocycles. The Hall–Kier alpha value is -0.0800. The summed E-state index contributed by atoms with van der Waals surface area (Å²) in [6.07, 6.45) is 5.88. The molecule has 82 valence electrons. The van der Waals surface area contributed by atoms with Crippen molar-refractivity contribution in [1.29, 1.82) is 0 Å². The van der Waals surface area contributed by atoms with Gasteiger partial charge in [0.05, 0.1) is 12.7 Å². The van der Waals surface area contributed by atoms with Gasteiger partial charge in [0.25, 0.3) is 0 Å². The predicted octanol–water partition coefficient (Wildman–Crippen LogP) is 2.29. The number of rotatable bonds is 2. The van der Waals surface area contributed by atoms with E-state index in [0.29, 0.717) is 6.10 Å². The predicted molar refractivity (Wildman–Crippen MR) is 58.4 cm³/mol. The zero-order chi connectivity index (χ0) is 9.97. The number of morpholine rings is 1. The fraction of sp³-hybridized carbons (Fsp3) is 1.00. The van der Waals surface area contributed by atoms with Crippen molar-refractivity contribution in [1.82, 2.24) is 4.90 Å². The summed E-state index contributed by atoms with van der Waals surface area (Å²) >= 11 is 0. The van der Waals surface area contributed by atoms with Gasteiger partial charge in [-0.1, -0.05) is 20.3 Å². The minimum atomic E-state index is 0.504. The minimum Gasteiger partial charge on any atom is -0.375 e. The summed E-state index contributed by atoms with van der Waals surface area (Å²) in [4.78, 5) is 2.65. The molecule has 0 spiro atoms. The smallest absolute Gasteiger partial charge is 0.0705 e. The van der Waals surface area contributed by atoms with Gasteiger partial charge in [-0.05, 0) is 31.7 Å². The van der Waals surface area contributed by atoms with Crippen molar-refractivity contribution in [3.63, 3.8) is 0 Å². The normalized spacial score (nSPS) is 34.5. The highest BCUT2D eigenvalue weighted by Crippen LogP contribution is 2.24. The number of ether oxygens (including phenoxy) is 1. The van der Waals surface area contributed by atoms with E-state index in [1.807, 2.05) is 0 Å². The molecule has 2 heteroatoms. The van der Waals surface area contributed by atoms with E-state index in [0.717, 1.165) is 18.6 Å². The molecule has 0 N–H and O–H groups in total. The molecule has 0 saturated carbocycles. The average molecular weight is 197 g/mol. The number of nitrogens with zero attached hydrogens (tertiary/aromatic N) is 1. The SMILES string of the molecule is CC(C)CC1CN2CCCCC2CO1. The van der Waals surface area contributed by atoms with Crippen molar-refractivity contribution in [2.75, 3.05) is 19.7 Å².